The van der Waals surface area contributed by atoms with Crippen molar-refractivity contribution in [3.05, 3.63) is 35.4 Å². The normalized spacial score (nSPS) is 17.4. The Balaban J connectivity index is 1.38. The van der Waals surface area contributed by atoms with Crippen LogP contribution in [0.25, 0.3) is 0 Å². The molecule has 2 aliphatic rings. The van der Waals surface area contributed by atoms with Crippen molar-refractivity contribution in [2.24, 2.45) is 0 Å². The van der Waals surface area contributed by atoms with Crippen LogP contribution in [0.2, 0.25) is 0 Å². The molecule has 0 saturated carbocycles. The molecule has 2 N–H and O–H groups in total. The lowest BCUT2D eigenvalue weighted by molar-refractivity contribution is -0.886. The molecule has 3 amide bonds. The number of quaternary nitrogens is 1. The van der Waals surface area contributed by atoms with Crippen molar-refractivity contribution in [1.82, 2.24) is 10.2 Å². The molecular formula is C18H24N3O3+. The van der Waals surface area contributed by atoms with Crippen molar-refractivity contribution in [3.8, 4) is 0 Å². The molecule has 0 spiro atoms. The highest BCUT2D eigenvalue weighted by Crippen LogP contribution is 2.22. The Morgan fingerprint density at radius 2 is 1.71 bits per heavy atom. The number of benzene rings is 1. The Kier molecular flexibility index (Phi) is 5.25. The molecule has 0 aromatic heterocycles. The minimum atomic E-state index is -0.256. The van der Waals surface area contributed by atoms with E-state index in [1.165, 1.54) is 30.8 Å². The maximum absolute atomic E-state index is 12.2. The molecular weight excluding hydrogens is 306 g/mol. The molecule has 0 bridgehead atoms. The molecule has 1 aromatic carbocycles. The first-order valence-electron chi connectivity index (χ1n) is 8.72. The number of amides is 3. The van der Waals surface area contributed by atoms with Crippen LogP contribution in [-0.4, -0.2) is 55.3 Å². The van der Waals surface area contributed by atoms with E-state index in [1.54, 1.807) is 29.2 Å². The highest BCUT2D eigenvalue weighted by Gasteiger charge is 2.34. The van der Waals surface area contributed by atoms with E-state index in [1.807, 2.05) is 0 Å². The quantitative estimate of drug-likeness (QED) is 0.684. The number of nitrogens with one attached hydrogen (secondary N) is 2. The molecule has 2 heterocycles. The van der Waals surface area contributed by atoms with E-state index in [0.717, 1.165) is 6.54 Å². The van der Waals surface area contributed by atoms with Gasteiger partial charge in [0.05, 0.1) is 37.3 Å². The third-order valence-corrected chi connectivity index (χ3v) is 4.78. The molecule has 0 atom stereocenters. The SMILES string of the molecule is O=C(CCCN1C(=O)c2ccccc2C1=O)NCC[NH+]1CCCC1. The summed E-state index contributed by atoms with van der Waals surface area (Å²) in [6.07, 6.45) is 3.39. The Morgan fingerprint density at radius 1 is 1.08 bits per heavy atom. The standard InChI is InChI=1S/C18H23N3O3/c22-16(19-9-13-20-10-3-4-11-20)8-5-12-21-17(23)14-6-1-2-7-15(14)18(21)24/h1-2,6-7H,3-5,8-13H2,(H,19,22)/p+1. The van der Waals surface area contributed by atoms with Gasteiger partial charge < -0.3 is 10.2 Å². The highest BCUT2D eigenvalue weighted by atomic mass is 16.2. The summed E-state index contributed by atoms with van der Waals surface area (Å²) in [7, 11) is 0. The number of hydrogen-bond acceptors (Lipinski definition) is 3. The summed E-state index contributed by atoms with van der Waals surface area (Å²) in [4.78, 5) is 39.1. The fraction of sp³-hybridized carbons (Fsp3) is 0.500. The average Bonchev–Trinajstić information content (AvgIpc) is 3.18. The van der Waals surface area contributed by atoms with Crippen molar-refractivity contribution >= 4 is 17.7 Å². The van der Waals surface area contributed by atoms with Gasteiger partial charge in [0.15, 0.2) is 0 Å². The third kappa shape index (κ3) is 3.64. The van der Waals surface area contributed by atoms with Crippen molar-refractivity contribution < 1.29 is 19.3 Å². The molecule has 128 valence electrons. The van der Waals surface area contributed by atoms with Crippen LogP contribution in [-0.2, 0) is 4.79 Å². The molecule has 24 heavy (non-hydrogen) atoms. The first-order chi connectivity index (χ1) is 11.7. The predicted octanol–water partition coefficient (Wildman–Crippen LogP) is -0.142. The van der Waals surface area contributed by atoms with Crippen LogP contribution >= 0.6 is 0 Å². The van der Waals surface area contributed by atoms with Crippen LogP contribution in [0.3, 0.4) is 0 Å². The van der Waals surface area contributed by atoms with E-state index in [-0.39, 0.29) is 24.3 Å². The van der Waals surface area contributed by atoms with E-state index >= 15 is 0 Å². The Morgan fingerprint density at radius 3 is 2.33 bits per heavy atom. The van der Waals surface area contributed by atoms with Gasteiger partial charge in [-0.15, -0.1) is 0 Å². The summed E-state index contributed by atoms with van der Waals surface area (Å²) in [6, 6.07) is 6.85. The smallest absolute Gasteiger partial charge is 0.261 e. The van der Waals surface area contributed by atoms with Gasteiger partial charge in [-0.2, -0.15) is 0 Å². The molecule has 1 saturated heterocycles. The second-order valence-electron chi connectivity index (χ2n) is 6.47. The molecule has 0 radical (unpaired) electrons. The summed E-state index contributed by atoms with van der Waals surface area (Å²) in [5, 5.41) is 2.93. The lowest BCUT2D eigenvalue weighted by atomic mass is 10.1. The van der Waals surface area contributed by atoms with Gasteiger partial charge in [-0.3, -0.25) is 19.3 Å². The van der Waals surface area contributed by atoms with E-state index in [0.29, 0.717) is 30.5 Å². The van der Waals surface area contributed by atoms with E-state index in [4.69, 9.17) is 0 Å². The van der Waals surface area contributed by atoms with Gasteiger partial charge in [-0.1, -0.05) is 12.1 Å². The second kappa shape index (κ2) is 7.57. The van der Waals surface area contributed by atoms with Gasteiger partial charge in [0, 0.05) is 25.8 Å². The van der Waals surface area contributed by atoms with Crippen LogP contribution in [0, 0.1) is 0 Å². The summed E-state index contributed by atoms with van der Waals surface area (Å²) >= 11 is 0. The Bertz CT molecular complexity index is 603. The molecule has 1 fully saturated rings. The number of likely N-dealkylation sites (tertiary alicyclic amines) is 1. The van der Waals surface area contributed by atoms with Crippen molar-refractivity contribution in [2.75, 3.05) is 32.7 Å². The minimum Gasteiger partial charge on any atom is -0.350 e. The number of rotatable bonds is 7. The van der Waals surface area contributed by atoms with Crippen molar-refractivity contribution in [3.63, 3.8) is 0 Å². The average molecular weight is 330 g/mol. The molecule has 1 aromatic rings. The third-order valence-electron chi connectivity index (χ3n) is 4.78. The highest BCUT2D eigenvalue weighted by molar-refractivity contribution is 6.21. The predicted molar refractivity (Wildman–Crippen MR) is 88.9 cm³/mol. The lowest BCUT2D eigenvalue weighted by Crippen LogP contribution is -3.10. The Hall–Kier alpha value is -2.21. The zero-order valence-electron chi connectivity index (χ0n) is 13.8. The number of nitrogens with zero attached hydrogens (tertiary/aromatic N) is 1. The maximum atomic E-state index is 12.2. The van der Waals surface area contributed by atoms with Crippen molar-refractivity contribution in [1.29, 1.82) is 0 Å². The van der Waals surface area contributed by atoms with E-state index in [9.17, 15) is 14.4 Å². The molecule has 2 aliphatic heterocycles. The van der Waals surface area contributed by atoms with Gasteiger partial charge in [0.25, 0.3) is 11.8 Å². The number of carbonyl (C=O) groups excluding carboxylic acids is 3. The molecule has 0 aliphatic carbocycles. The number of hydrogen-bond donors (Lipinski definition) is 2. The fourth-order valence-corrected chi connectivity index (χ4v) is 3.43. The number of imide groups is 1. The summed E-state index contributed by atoms with van der Waals surface area (Å²) in [6.45, 7) is 4.37. The number of fused-ring (bicyclic) bond motifs is 1. The van der Waals surface area contributed by atoms with Crippen LogP contribution < -0.4 is 10.2 Å². The van der Waals surface area contributed by atoms with Crippen LogP contribution in [0.1, 0.15) is 46.4 Å². The van der Waals surface area contributed by atoms with Gasteiger partial charge >= 0.3 is 0 Å². The van der Waals surface area contributed by atoms with E-state index < -0.39 is 0 Å². The van der Waals surface area contributed by atoms with Crippen LogP contribution in [0.5, 0.6) is 0 Å². The first kappa shape index (κ1) is 16.6. The number of carbonyl (C=O) groups is 3. The van der Waals surface area contributed by atoms with Crippen molar-refractivity contribution in [2.45, 2.75) is 25.7 Å². The molecule has 0 unspecified atom stereocenters. The van der Waals surface area contributed by atoms with Gasteiger partial charge in [-0.05, 0) is 18.6 Å². The lowest BCUT2D eigenvalue weighted by Gasteiger charge is -2.14. The van der Waals surface area contributed by atoms with Gasteiger partial charge in [0.1, 0.15) is 0 Å². The van der Waals surface area contributed by atoms with Crippen LogP contribution in [0.4, 0.5) is 0 Å². The summed E-state index contributed by atoms with van der Waals surface area (Å²) in [5.74, 6) is -0.521. The zero-order chi connectivity index (χ0) is 16.9. The van der Waals surface area contributed by atoms with Gasteiger partial charge in [-0.25, -0.2) is 0 Å². The summed E-state index contributed by atoms with van der Waals surface area (Å²) in [5.41, 5.74) is 0.918. The largest absolute Gasteiger partial charge is 0.350 e. The Labute approximate surface area is 141 Å². The summed E-state index contributed by atoms with van der Waals surface area (Å²) < 4.78 is 0. The zero-order valence-corrected chi connectivity index (χ0v) is 13.8. The molecule has 3 rings (SSSR count). The maximum Gasteiger partial charge on any atom is 0.261 e. The second-order valence-corrected chi connectivity index (χ2v) is 6.47. The fourth-order valence-electron chi connectivity index (χ4n) is 3.43. The topological polar surface area (TPSA) is 70.9 Å². The minimum absolute atomic E-state index is 0.00907. The first-order valence-corrected chi connectivity index (χ1v) is 8.72. The van der Waals surface area contributed by atoms with E-state index in [2.05, 4.69) is 5.32 Å². The molecule has 6 nitrogen and oxygen atoms in total. The molecule has 6 heteroatoms. The monoisotopic (exact) mass is 330 g/mol. The van der Waals surface area contributed by atoms with Crippen LogP contribution in [0.15, 0.2) is 24.3 Å². The van der Waals surface area contributed by atoms with Gasteiger partial charge in [0.2, 0.25) is 5.91 Å².